The van der Waals surface area contributed by atoms with Gasteiger partial charge in [0.15, 0.2) is 0 Å². The maximum Gasteiger partial charge on any atom is 0.472 e. The molecule has 0 unspecified atom stereocenters. The van der Waals surface area contributed by atoms with E-state index in [4.69, 9.17) is 9.79 Å². The zero-order valence-corrected chi connectivity index (χ0v) is 7.20. The molecule has 0 aliphatic rings. The Bertz CT molecular complexity index is 261. The SMILES string of the molecule is O=P(O)(O)OC(F)(C(F)(F)F)C(F)(F)F. The third-order valence-electron chi connectivity index (χ3n) is 0.974. The molecule has 0 radical (unpaired) electrons. The summed E-state index contributed by atoms with van der Waals surface area (Å²) in [5.74, 6) is -6.40. The van der Waals surface area contributed by atoms with Gasteiger partial charge in [-0.15, -0.1) is 0 Å². The minimum Gasteiger partial charge on any atom is -0.303 e. The fourth-order valence-electron chi connectivity index (χ4n) is 0.428. The van der Waals surface area contributed by atoms with Crippen LogP contribution in [0.3, 0.4) is 0 Å². The van der Waals surface area contributed by atoms with Crippen molar-refractivity contribution in [2.75, 3.05) is 0 Å². The van der Waals surface area contributed by atoms with Crippen molar-refractivity contribution >= 4 is 7.82 Å². The van der Waals surface area contributed by atoms with Crippen LogP contribution in [-0.4, -0.2) is 28.0 Å². The second-order valence-electron chi connectivity index (χ2n) is 2.17. The summed E-state index contributed by atoms with van der Waals surface area (Å²) in [5, 5.41) is 0. The number of phosphoric acid groups is 1. The van der Waals surface area contributed by atoms with E-state index in [1.807, 2.05) is 0 Å². The summed E-state index contributed by atoms with van der Waals surface area (Å²) in [6.07, 6.45) is -13.3. The molecule has 2 N–H and O–H groups in total. The molecular weight excluding hydrogens is 264 g/mol. The maximum absolute atomic E-state index is 12.3. The number of phosphoric ester groups is 1. The van der Waals surface area contributed by atoms with Gasteiger partial charge in [0, 0.05) is 0 Å². The van der Waals surface area contributed by atoms with Gasteiger partial charge in [-0.2, -0.15) is 30.7 Å². The number of hydrogen-bond acceptors (Lipinski definition) is 2. The summed E-state index contributed by atoms with van der Waals surface area (Å²) in [5.41, 5.74) is 0. The zero-order chi connectivity index (χ0) is 12.7. The summed E-state index contributed by atoms with van der Waals surface area (Å²) in [4.78, 5) is 15.5. The summed E-state index contributed by atoms with van der Waals surface area (Å²) < 4.78 is 93.6. The van der Waals surface area contributed by atoms with Crippen molar-refractivity contribution in [2.45, 2.75) is 18.2 Å². The van der Waals surface area contributed by atoms with E-state index in [9.17, 15) is 35.3 Å². The van der Waals surface area contributed by atoms with E-state index in [0.29, 0.717) is 0 Å². The molecule has 0 spiro atoms. The summed E-state index contributed by atoms with van der Waals surface area (Å²) in [6.45, 7) is 0. The van der Waals surface area contributed by atoms with Crippen LogP contribution in [0.4, 0.5) is 30.7 Å². The van der Waals surface area contributed by atoms with Gasteiger partial charge in [-0.3, -0.25) is 0 Å². The summed E-state index contributed by atoms with van der Waals surface area (Å²) in [7, 11) is -6.30. The Labute approximate surface area is 76.9 Å². The van der Waals surface area contributed by atoms with Gasteiger partial charge in [0.05, 0.1) is 0 Å². The molecule has 0 bridgehead atoms. The molecule has 0 rings (SSSR count). The third-order valence-corrected chi connectivity index (χ3v) is 1.46. The van der Waals surface area contributed by atoms with Crippen LogP contribution in [0, 0.1) is 0 Å². The Morgan fingerprint density at radius 1 is 0.867 bits per heavy atom. The van der Waals surface area contributed by atoms with E-state index in [1.165, 1.54) is 0 Å². The average Bonchev–Trinajstić information content (AvgIpc) is 1.77. The molecule has 0 aromatic heterocycles. The molecule has 15 heavy (non-hydrogen) atoms. The molecule has 12 heteroatoms. The first-order chi connectivity index (χ1) is 6.21. The molecule has 4 nitrogen and oxygen atoms in total. The first-order valence-corrected chi connectivity index (χ1v) is 4.32. The first-order valence-electron chi connectivity index (χ1n) is 2.79. The highest BCUT2D eigenvalue weighted by Crippen LogP contribution is 2.54. The predicted molar refractivity (Wildman–Crippen MR) is 29.1 cm³/mol. The second-order valence-corrected chi connectivity index (χ2v) is 3.34. The Kier molecular flexibility index (Phi) is 3.49. The van der Waals surface area contributed by atoms with Crippen LogP contribution in [-0.2, 0) is 9.09 Å². The highest BCUT2D eigenvalue weighted by Gasteiger charge is 2.76. The van der Waals surface area contributed by atoms with Gasteiger partial charge in [-0.1, -0.05) is 0 Å². The van der Waals surface area contributed by atoms with Crippen LogP contribution in [0.5, 0.6) is 0 Å². The maximum atomic E-state index is 12.3. The Morgan fingerprint density at radius 3 is 1.20 bits per heavy atom. The van der Waals surface area contributed by atoms with Gasteiger partial charge < -0.3 is 9.79 Å². The molecule has 0 fully saturated rings. The quantitative estimate of drug-likeness (QED) is 0.591. The molecule has 0 saturated heterocycles. The van der Waals surface area contributed by atoms with Crippen LogP contribution < -0.4 is 0 Å². The molecule has 0 heterocycles. The van der Waals surface area contributed by atoms with Crippen molar-refractivity contribution in [2.24, 2.45) is 0 Å². The fraction of sp³-hybridized carbons (Fsp3) is 1.00. The van der Waals surface area contributed by atoms with Gasteiger partial charge in [0.1, 0.15) is 0 Å². The van der Waals surface area contributed by atoms with Gasteiger partial charge in [0.25, 0.3) is 0 Å². The molecule has 0 aromatic rings. The van der Waals surface area contributed by atoms with Gasteiger partial charge in [-0.05, 0) is 0 Å². The predicted octanol–water partition coefficient (Wildman–Crippen LogP) is 1.89. The van der Waals surface area contributed by atoms with Crippen LogP contribution in [0.1, 0.15) is 0 Å². The summed E-state index contributed by atoms with van der Waals surface area (Å²) in [6, 6.07) is 0. The standard InChI is InChI=1S/C3H2F7O4P/c4-1(2(5,6)7,3(8,9)10)14-15(11,12)13/h(H2,11,12,13). The summed E-state index contributed by atoms with van der Waals surface area (Å²) >= 11 is 0. The van der Waals surface area contributed by atoms with Crippen molar-refractivity contribution in [3.8, 4) is 0 Å². The zero-order valence-electron chi connectivity index (χ0n) is 6.30. The van der Waals surface area contributed by atoms with Crippen LogP contribution in [0.15, 0.2) is 0 Å². The minimum atomic E-state index is -6.66. The lowest BCUT2D eigenvalue weighted by atomic mass is 10.3. The number of hydrogen-bond donors (Lipinski definition) is 2. The number of rotatable bonds is 2. The number of alkyl halides is 7. The Hall–Kier alpha value is -0.380. The van der Waals surface area contributed by atoms with Gasteiger partial charge >= 0.3 is 26.0 Å². The molecule has 0 aliphatic heterocycles. The topological polar surface area (TPSA) is 66.8 Å². The van der Waals surface area contributed by atoms with Crippen molar-refractivity contribution in [1.82, 2.24) is 0 Å². The van der Waals surface area contributed by atoms with E-state index in [-0.39, 0.29) is 0 Å². The molecule has 0 saturated carbocycles. The van der Waals surface area contributed by atoms with E-state index in [2.05, 4.69) is 4.52 Å². The highest BCUT2D eigenvalue weighted by atomic mass is 31.2. The third kappa shape index (κ3) is 3.30. The fourth-order valence-corrected chi connectivity index (χ4v) is 0.963. The van der Waals surface area contributed by atoms with Crippen molar-refractivity contribution in [3.05, 3.63) is 0 Å². The van der Waals surface area contributed by atoms with Crippen molar-refractivity contribution in [3.63, 3.8) is 0 Å². The smallest absolute Gasteiger partial charge is 0.303 e. The van der Waals surface area contributed by atoms with Gasteiger partial charge in [0.2, 0.25) is 0 Å². The molecular formula is C3H2F7O4P. The minimum absolute atomic E-state index is 2.10. The molecule has 0 atom stereocenters. The van der Waals surface area contributed by atoms with E-state index < -0.39 is 26.0 Å². The molecule has 0 aromatic carbocycles. The second kappa shape index (κ2) is 3.58. The Morgan fingerprint density at radius 2 is 1.13 bits per heavy atom. The van der Waals surface area contributed by atoms with Crippen LogP contribution in [0.2, 0.25) is 0 Å². The van der Waals surface area contributed by atoms with E-state index in [1.54, 1.807) is 0 Å². The molecule has 92 valence electrons. The lowest BCUT2D eigenvalue weighted by Crippen LogP contribution is -2.54. The highest BCUT2D eigenvalue weighted by molar-refractivity contribution is 7.46. The van der Waals surface area contributed by atoms with Gasteiger partial charge in [-0.25, -0.2) is 9.09 Å². The molecule has 0 aliphatic carbocycles. The number of halogens is 7. The van der Waals surface area contributed by atoms with Crippen LogP contribution >= 0.6 is 7.82 Å². The van der Waals surface area contributed by atoms with Crippen LogP contribution in [0.25, 0.3) is 0 Å². The molecule has 0 amide bonds. The lowest BCUT2D eigenvalue weighted by Gasteiger charge is -2.29. The normalized spacial score (nSPS) is 15.5. The van der Waals surface area contributed by atoms with Crippen molar-refractivity contribution in [1.29, 1.82) is 0 Å². The average molecular weight is 266 g/mol. The first kappa shape index (κ1) is 14.6. The van der Waals surface area contributed by atoms with E-state index >= 15 is 0 Å². The monoisotopic (exact) mass is 266 g/mol. The largest absolute Gasteiger partial charge is 0.472 e. The van der Waals surface area contributed by atoms with E-state index in [0.717, 1.165) is 0 Å². The Balaban J connectivity index is 5.35. The van der Waals surface area contributed by atoms with Crippen molar-refractivity contribution < 1.29 is 49.6 Å². The lowest BCUT2D eigenvalue weighted by molar-refractivity contribution is -0.409.